The van der Waals surface area contributed by atoms with Gasteiger partial charge in [-0.3, -0.25) is 4.90 Å². The van der Waals surface area contributed by atoms with Gasteiger partial charge in [-0.2, -0.15) is 0 Å². The number of hydrogen-bond acceptors (Lipinski definition) is 3. The Morgan fingerprint density at radius 1 is 1.25 bits per heavy atom. The molecule has 3 saturated heterocycles. The average molecular weight is 219 g/mol. The number of fused-ring (bicyclic) bond motifs is 3. The molecular weight excluding hydrogens is 202 g/mol. The van der Waals surface area contributed by atoms with E-state index < -0.39 is 0 Å². The summed E-state index contributed by atoms with van der Waals surface area (Å²) in [6.07, 6.45) is 2.82. The van der Waals surface area contributed by atoms with Crippen LogP contribution in [0.25, 0.3) is 0 Å². The fourth-order valence-electron chi connectivity index (χ4n) is 2.78. The second-order valence-corrected chi connectivity index (χ2v) is 4.79. The van der Waals surface area contributed by atoms with Gasteiger partial charge in [0, 0.05) is 12.6 Å². The van der Waals surface area contributed by atoms with E-state index in [0.29, 0.717) is 12.0 Å². The third-order valence-corrected chi connectivity index (χ3v) is 3.70. The van der Waals surface area contributed by atoms with Crippen molar-refractivity contribution in [2.75, 3.05) is 19.6 Å². The third kappa shape index (κ3) is 1.87. The summed E-state index contributed by atoms with van der Waals surface area (Å²) in [5.74, 6) is 1.77. The first-order chi connectivity index (χ1) is 7.81. The summed E-state index contributed by atoms with van der Waals surface area (Å²) in [6, 6.07) is 7.10. The lowest BCUT2D eigenvalue weighted by Crippen LogP contribution is -2.52. The van der Waals surface area contributed by atoms with Crippen LogP contribution in [0.2, 0.25) is 0 Å². The van der Waals surface area contributed by atoms with E-state index in [1.165, 1.54) is 25.9 Å². The van der Waals surface area contributed by atoms with Crippen molar-refractivity contribution in [3.8, 4) is 11.5 Å². The van der Waals surface area contributed by atoms with Crippen LogP contribution in [0.5, 0.6) is 11.5 Å². The Morgan fingerprint density at radius 2 is 2.06 bits per heavy atom. The summed E-state index contributed by atoms with van der Waals surface area (Å²) in [4.78, 5) is 2.47. The van der Waals surface area contributed by atoms with Crippen LogP contribution < -0.4 is 4.74 Å². The minimum Gasteiger partial charge on any atom is -0.508 e. The van der Waals surface area contributed by atoms with Crippen molar-refractivity contribution in [1.29, 1.82) is 0 Å². The van der Waals surface area contributed by atoms with Gasteiger partial charge in [0.25, 0.3) is 0 Å². The summed E-state index contributed by atoms with van der Waals surface area (Å²) < 4.78 is 5.97. The normalized spacial score (nSPS) is 32.6. The predicted octanol–water partition coefficient (Wildman–Crippen LogP) is 1.87. The number of piperidine rings is 3. The van der Waals surface area contributed by atoms with Crippen molar-refractivity contribution in [3.63, 3.8) is 0 Å². The number of benzene rings is 1. The van der Waals surface area contributed by atoms with Gasteiger partial charge < -0.3 is 9.84 Å². The van der Waals surface area contributed by atoms with E-state index in [2.05, 4.69) is 4.90 Å². The number of hydrogen-bond donors (Lipinski definition) is 1. The van der Waals surface area contributed by atoms with Gasteiger partial charge in [0.05, 0.1) is 0 Å². The fourth-order valence-corrected chi connectivity index (χ4v) is 2.78. The largest absolute Gasteiger partial charge is 0.508 e. The fraction of sp³-hybridized carbons (Fsp3) is 0.538. The third-order valence-electron chi connectivity index (χ3n) is 3.70. The van der Waals surface area contributed by atoms with Gasteiger partial charge in [0.15, 0.2) is 0 Å². The molecule has 0 aliphatic carbocycles. The van der Waals surface area contributed by atoms with Gasteiger partial charge in [-0.15, -0.1) is 0 Å². The maximum atomic E-state index is 9.38. The monoisotopic (exact) mass is 219 g/mol. The van der Waals surface area contributed by atoms with Crippen molar-refractivity contribution in [2.45, 2.75) is 18.9 Å². The Labute approximate surface area is 95.6 Å². The van der Waals surface area contributed by atoms with Crippen molar-refractivity contribution in [1.82, 2.24) is 4.90 Å². The Kier molecular flexibility index (Phi) is 2.48. The van der Waals surface area contributed by atoms with E-state index in [-0.39, 0.29) is 5.75 Å². The molecule has 4 rings (SSSR count). The lowest BCUT2D eigenvalue weighted by atomic mass is 9.86. The number of rotatable bonds is 2. The van der Waals surface area contributed by atoms with Crippen molar-refractivity contribution >= 4 is 0 Å². The molecule has 16 heavy (non-hydrogen) atoms. The Bertz CT molecular complexity index is 372. The van der Waals surface area contributed by atoms with E-state index in [4.69, 9.17) is 4.74 Å². The van der Waals surface area contributed by atoms with Gasteiger partial charge >= 0.3 is 0 Å². The number of ether oxygens (including phenoxy) is 1. The number of phenolic OH excluding ortho intramolecular Hbond substituents is 1. The van der Waals surface area contributed by atoms with E-state index in [9.17, 15) is 5.11 Å². The Hall–Kier alpha value is -1.22. The zero-order valence-electron chi connectivity index (χ0n) is 9.30. The van der Waals surface area contributed by atoms with Crippen LogP contribution in [-0.4, -0.2) is 35.7 Å². The molecule has 0 spiro atoms. The molecule has 1 atom stereocenters. The van der Waals surface area contributed by atoms with Gasteiger partial charge in [-0.25, -0.2) is 0 Å². The molecule has 3 fully saturated rings. The van der Waals surface area contributed by atoms with Crippen LogP contribution in [0.4, 0.5) is 0 Å². The molecule has 86 valence electrons. The van der Waals surface area contributed by atoms with Crippen molar-refractivity contribution < 1.29 is 9.84 Å². The van der Waals surface area contributed by atoms with Gasteiger partial charge in [-0.1, -0.05) is 6.07 Å². The minimum absolute atomic E-state index is 0.277. The lowest BCUT2D eigenvalue weighted by Gasteiger charge is -2.44. The highest BCUT2D eigenvalue weighted by atomic mass is 16.5. The van der Waals surface area contributed by atoms with Crippen LogP contribution >= 0.6 is 0 Å². The Balaban J connectivity index is 1.71. The highest BCUT2D eigenvalue weighted by Crippen LogP contribution is 2.31. The summed E-state index contributed by atoms with van der Waals surface area (Å²) in [7, 11) is 0. The molecule has 0 amide bonds. The molecule has 2 bridgehead atoms. The summed E-state index contributed by atoms with van der Waals surface area (Å²) in [5, 5.41) is 9.38. The number of aromatic hydroxyl groups is 1. The molecular formula is C13H17NO2. The zero-order valence-corrected chi connectivity index (χ0v) is 9.30. The molecule has 1 aromatic carbocycles. The second-order valence-electron chi connectivity index (χ2n) is 4.79. The van der Waals surface area contributed by atoms with Crippen molar-refractivity contribution in [2.24, 2.45) is 5.92 Å². The molecule has 0 saturated carbocycles. The van der Waals surface area contributed by atoms with Gasteiger partial charge in [0.2, 0.25) is 0 Å². The topological polar surface area (TPSA) is 32.7 Å². The van der Waals surface area contributed by atoms with Crippen LogP contribution in [0, 0.1) is 5.92 Å². The van der Waals surface area contributed by atoms with Crippen LogP contribution in [-0.2, 0) is 0 Å². The maximum absolute atomic E-state index is 9.38. The van der Waals surface area contributed by atoms with E-state index >= 15 is 0 Å². The second kappa shape index (κ2) is 3.98. The average Bonchev–Trinajstić information content (AvgIpc) is 2.30. The molecule has 1 N–H and O–H groups in total. The molecule has 0 radical (unpaired) electrons. The SMILES string of the molecule is Oc1cccc(OC2CN3CCC2CC3)c1. The van der Waals surface area contributed by atoms with E-state index in [1.54, 1.807) is 12.1 Å². The number of phenols is 1. The highest BCUT2D eigenvalue weighted by molar-refractivity contribution is 5.32. The molecule has 3 nitrogen and oxygen atoms in total. The maximum Gasteiger partial charge on any atom is 0.123 e. The highest BCUT2D eigenvalue weighted by Gasteiger charge is 2.35. The zero-order chi connectivity index (χ0) is 11.0. The Morgan fingerprint density at radius 3 is 2.69 bits per heavy atom. The van der Waals surface area contributed by atoms with Gasteiger partial charge in [0.1, 0.15) is 17.6 Å². The molecule has 0 aromatic heterocycles. The first-order valence-electron chi connectivity index (χ1n) is 5.99. The first-order valence-corrected chi connectivity index (χ1v) is 5.99. The summed E-state index contributed by atoms with van der Waals surface area (Å²) in [5.41, 5.74) is 0. The first kappa shape index (κ1) is 9.97. The molecule has 3 aliphatic heterocycles. The summed E-state index contributed by atoms with van der Waals surface area (Å²) >= 11 is 0. The quantitative estimate of drug-likeness (QED) is 0.824. The molecule has 1 aromatic rings. The lowest BCUT2D eigenvalue weighted by molar-refractivity contribution is -0.00783. The van der Waals surface area contributed by atoms with E-state index in [0.717, 1.165) is 12.3 Å². The standard InChI is InChI=1S/C13H17NO2/c15-11-2-1-3-12(8-11)16-13-9-14-6-4-10(13)5-7-14/h1-3,8,10,13,15H,4-7,9H2. The van der Waals surface area contributed by atoms with Gasteiger partial charge in [-0.05, 0) is 44.0 Å². The van der Waals surface area contributed by atoms with Crippen LogP contribution in [0.3, 0.4) is 0 Å². The summed E-state index contributed by atoms with van der Waals surface area (Å²) in [6.45, 7) is 3.50. The van der Waals surface area contributed by atoms with Crippen LogP contribution in [0.1, 0.15) is 12.8 Å². The molecule has 1 unspecified atom stereocenters. The smallest absolute Gasteiger partial charge is 0.123 e. The van der Waals surface area contributed by atoms with E-state index in [1.807, 2.05) is 12.1 Å². The molecule has 3 aliphatic rings. The van der Waals surface area contributed by atoms with Crippen molar-refractivity contribution in [3.05, 3.63) is 24.3 Å². The predicted molar refractivity (Wildman–Crippen MR) is 61.7 cm³/mol. The minimum atomic E-state index is 0.277. The number of nitrogens with zero attached hydrogens (tertiary/aromatic N) is 1. The molecule has 3 heterocycles. The van der Waals surface area contributed by atoms with Crippen LogP contribution in [0.15, 0.2) is 24.3 Å². The molecule has 3 heteroatoms.